The van der Waals surface area contributed by atoms with Crippen LogP contribution in [-0.4, -0.2) is 15.4 Å². The highest BCUT2D eigenvalue weighted by Gasteiger charge is 2.27. The molecule has 0 aromatic carbocycles. The van der Waals surface area contributed by atoms with Crippen LogP contribution < -0.4 is 0 Å². The summed E-state index contributed by atoms with van der Waals surface area (Å²) in [5, 5.41) is 10.0. The standard InChI is InChI=1S/C7H11NO2S/c1-7(3-2-6-11-7)4-5-8(9)10/h4-5H,2-3,6H2,1H3/b5-4+. The van der Waals surface area contributed by atoms with Crippen molar-refractivity contribution >= 4 is 11.8 Å². The second-order valence-corrected chi connectivity index (χ2v) is 4.50. The van der Waals surface area contributed by atoms with Crippen LogP contribution in [0.3, 0.4) is 0 Å². The third-order valence-corrected chi connectivity index (χ3v) is 3.29. The Hall–Kier alpha value is -0.510. The lowest BCUT2D eigenvalue weighted by atomic mass is 10.1. The highest BCUT2D eigenvalue weighted by Crippen LogP contribution is 2.38. The molecule has 0 amide bonds. The fraction of sp³-hybridized carbons (Fsp3) is 0.714. The zero-order valence-electron chi connectivity index (χ0n) is 6.45. The van der Waals surface area contributed by atoms with Gasteiger partial charge >= 0.3 is 0 Å². The number of rotatable bonds is 2. The summed E-state index contributed by atoms with van der Waals surface area (Å²) in [7, 11) is 0. The van der Waals surface area contributed by atoms with Crippen LogP contribution in [0.5, 0.6) is 0 Å². The third kappa shape index (κ3) is 2.54. The Balaban J connectivity index is 2.52. The van der Waals surface area contributed by atoms with Gasteiger partial charge in [0.05, 0.1) is 4.92 Å². The van der Waals surface area contributed by atoms with Gasteiger partial charge in [-0.05, 0) is 25.5 Å². The van der Waals surface area contributed by atoms with Crippen molar-refractivity contribution in [3.05, 3.63) is 22.4 Å². The summed E-state index contributed by atoms with van der Waals surface area (Å²) in [5.41, 5.74) is 0. The van der Waals surface area contributed by atoms with E-state index in [2.05, 4.69) is 0 Å². The van der Waals surface area contributed by atoms with E-state index in [1.165, 1.54) is 6.42 Å². The molecule has 3 nitrogen and oxygen atoms in total. The van der Waals surface area contributed by atoms with E-state index in [0.29, 0.717) is 0 Å². The van der Waals surface area contributed by atoms with Crippen molar-refractivity contribution < 1.29 is 4.92 Å². The summed E-state index contributed by atoms with van der Waals surface area (Å²) in [6.45, 7) is 2.05. The third-order valence-electron chi connectivity index (χ3n) is 1.80. The van der Waals surface area contributed by atoms with E-state index < -0.39 is 4.92 Å². The van der Waals surface area contributed by atoms with Gasteiger partial charge in [-0.2, -0.15) is 11.8 Å². The van der Waals surface area contributed by atoms with Crippen LogP contribution in [0.15, 0.2) is 12.3 Å². The molecular formula is C7H11NO2S. The molecule has 1 unspecified atom stereocenters. The van der Waals surface area contributed by atoms with Gasteiger partial charge in [-0.25, -0.2) is 0 Å². The van der Waals surface area contributed by atoms with E-state index in [-0.39, 0.29) is 4.75 Å². The Bertz CT molecular complexity index is 185. The Morgan fingerprint density at radius 1 is 1.73 bits per heavy atom. The number of nitro groups is 1. The minimum atomic E-state index is -0.399. The molecule has 1 aliphatic rings. The summed E-state index contributed by atoms with van der Waals surface area (Å²) < 4.78 is 0.0209. The molecule has 0 aromatic heterocycles. The smallest absolute Gasteiger partial charge is 0.231 e. The minimum absolute atomic E-state index is 0.0209. The maximum Gasteiger partial charge on any atom is 0.231 e. The lowest BCUT2D eigenvalue weighted by Crippen LogP contribution is -2.11. The summed E-state index contributed by atoms with van der Waals surface area (Å²) in [6.07, 6.45) is 4.98. The van der Waals surface area contributed by atoms with Crippen LogP contribution in [0.1, 0.15) is 19.8 Å². The molecule has 0 aromatic rings. The number of hydrogen-bond acceptors (Lipinski definition) is 3. The van der Waals surface area contributed by atoms with Gasteiger partial charge in [0.2, 0.25) is 6.20 Å². The van der Waals surface area contributed by atoms with Gasteiger partial charge in [0.25, 0.3) is 0 Å². The molecular weight excluding hydrogens is 162 g/mol. The van der Waals surface area contributed by atoms with E-state index in [1.54, 1.807) is 17.8 Å². The van der Waals surface area contributed by atoms with Crippen LogP contribution in [0.25, 0.3) is 0 Å². The summed E-state index contributed by atoms with van der Waals surface area (Å²) in [4.78, 5) is 9.61. The first-order chi connectivity index (χ1) is 5.12. The van der Waals surface area contributed by atoms with Crippen molar-refractivity contribution in [3.8, 4) is 0 Å². The van der Waals surface area contributed by atoms with Crippen LogP contribution in [-0.2, 0) is 0 Å². The molecule has 11 heavy (non-hydrogen) atoms. The predicted molar refractivity (Wildman–Crippen MR) is 46.2 cm³/mol. The highest BCUT2D eigenvalue weighted by molar-refractivity contribution is 8.01. The summed E-state index contributed by atoms with van der Waals surface area (Å²) in [5.74, 6) is 1.12. The molecule has 1 fully saturated rings. The van der Waals surface area contributed by atoms with E-state index in [0.717, 1.165) is 18.4 Å². The number of hydrogen-bond donors (Lipinski definition) is 0. The van der Waals surface area contributed by atoms with Crippen LogP contribution in [0.4, 0.5) is 0 Å². The first-order valence-corrected chi connectivity index (χ1v) is 4.58. The average Bonchev–Trinajstić information content (AvgIpc) is 2.33. The van der Waals surface area contributed by atoms with Crippen molar-refractivity contribution in [1.82, 2.24) is 0 Å². The number of nitrogens with zero attached hydrogens (tertiary/aromatic N) is 1. The molecule has 0 spiro atoms. The molecule has 0 saturated carbocycles. The normalized spacial score (nSPS) is 31.4. The van der Waals surface area contributed by atoms with E-state index >= 15 is 0 Å². The Morgan fingerprint density at radius 2 is 2.45 bits per heavy atom. The second-order valence-electron chi connectivity index (χ2n) is 2.87. The first-order valence-electron chi connectivity index (χ1n) is 3.59. The lowest BCUT2D eigenvalue weighted by molar-refractivity contribution is -0.402. The van der Waals surface area contributed by atoms with Crippen molar-refractivity contribution in [2.45, 2.75) is 24.5 Å². The SMILES string of the molecule is CC1(/C=C/[N+](=O)[O-])CCCS1. The highest BCUT2D eigenvalue weighted by atomic mass is 32.2. The maximum atomic E-state index is 10.0. The van der Waals surface area contributed by atoms with Crippen LogP contribution in [0, 0.1) is 10.1 Å². The fourth-order valence-electron chi connectivity index (χ4n) is 1.15. The van der Waals surface area contributed by atoms with Crippen molar-refractivity contribution in [2.24, 2.45) is 0 Å². The van der Waals surface area contributed by atoms with Gasteiger partial charge in [-0.1, -0.05) is 0 Å². The Morgan fingerprint density at radius 3 is 2.91 bits per heavy atom. The van der Waals surface area contributed by atoms with Gasteiger partial charge in [0.1, 0.15) is 0 Å². The molecule has 0 N–H and O–H groups in total. The molecule has 1 heterocycles. The molecule has 1 aliphatic heterocycles. The van der Waals surface area contributed by atoms with Crippen molar-refractivity contribution in [3.63, 3.8) is 0 Å². The topological polar surface area (TPSA) is 43.1 Å². The van der Waals surface area contributed by atoms with Gasteiger partial charge in [-0.15, -0.1) is 0 Å². The predicted octanol–water partition coefficient (Wildman–Crippen LogP) is 2.06. The molecule has 4 heteroatoms. The molecule has 62 valence electrons. The molecule has 1 saturated heterocycles. The fourth-order valence-corrected chi connectivity index (χ4v) is 2.35. The largest absolute Gasteiger partial charge is 0.259 e. The molecule has 0 aliphatic carbocycles. The molecule has 1 rings (SSSR count). The molecule has 0 bridgehead atoms. The second kappa shape index (κ2) is 3.26. The van der Waals surface area contributed by atoms with E-state index in [4.69, 9.17) is 0 Å². The van der Waals surface area contributed by atoms with Gasteiger partial charge < -0.3 is 0 Å². The minimum Gasteiger partial charge on any atom is -0.259 e. The van der Waals surface area contributed by atoms with Gasteiger partial charge in [0.15, 0.2) is 0 Å². The zero-order valence-corrected chi connectivity index (χ0v) is 7.26. The zero-order chi connectivity index (χ0) is 8.32. The number of thioether (sulfide) groups is 1. The summed E-state index contributed by atoms with van der Waals surface area (Å²) >= 11 is 1.80. The van der Waals surface area contributed by atoms with E-state index in [9.17, 15) is 10.1 Å². The molecule has 0 radical (unpaired) electrons. The van der Waals surface area contributed by atoms with Crippen LogP contribution >= 0.6 is 11.8 Å². The Labute approximate surface area is 70.0 Å². The summed E-state index contributed by atoms with van der Waals surface area (Å²) in [6, 6.07) is 0. The van der Waals surface area contributed by atoms with Gasteiger partial charge in [-0.3, -0.25) is 10.1 Å². The maximum absolute atomic E-state index is 10.0. The van der Waals surface area contributed by atoms with Crippen molar-refractivity contribution in [1.29, 1.82) is 0 Å². The Kier molecular flexibility index (Phi) is 2.54. The quantitative estimate of drug-likeness (QED) is 0.474. The first kappa shape index (κ1) is 8.59. The van der Waals surface area contributed by atoms with Gasteiger partial charge in [0, 0.05) is 10.8 Å². The monoisotopic (exact) mass is 173 g/mol. The average molecular weight is 173 g/mol. The lowest BCUT2D eigenvalue weighted by Gasteiger charge is -2.14. The molecule has 1 atom stereocenters. The van der Waals surface area contributed by atoms with E-state index in [1.807, 2.05) is 6.92 Å². The van der Waals surface area contributed by atoms with Crippen LogP contribution in [0.2, 0.25) is 0 Å². The van der Waals surface area contributed by atoms with Crippen molar-refractivity contribution in [2.75, 3.05) is 5.75 Å².